The highest BCUT2D eigenvalue weighted by atomic mass is 16.1. The Bertz CT molecular complexity index is 938. The molecular weight excluding hydrogens is 286 g/mol. The molecule has 1 aliphatic carbocycles. The number of benzene rings is 1. The summed E-state index contributed by atoms with van der Waals surface area (Å²) in [5, 5.41) is 2.36. The highest BCUT2D eigenvalue weighted by Gasteiger charge is 2.59. The maximum absolute atomic E-state index is 11.4. The summed E-state index contributed by atoms with van der Waals surface area (Å²) in [5.74, 6) is 0.470. The van der Waals surface area contributed by atoms with Crippen molar-refractivity contribution in [1.29, 1.82) is 0 Å². The molecule has 4 nitrogen and oxygen atoms in total. The molecular formula is C19H21N3O. The Morgan fingerprint density at radius 1 is 1.35 bits per heavy atom. The number of hydrogen-bond acceptors (Lipinski definition) is 2. The topological polar surface area (TPSA) is 71.8 Å². The second-order valence-electron chi connectivity index (χ2n) is 7.30. The van der Waals surface area contributed by atoms with Gasteiger partial charge in [-0.05, 0) is 35.8 Å². The summed E-state index contributed by atoms with van der Waals surface area (Å²) in [6.07, 6.45) is 2.28. The molecule has 2 heterocycles. The maximum Gasteiger partial charge on any atom is 0.217 e. The average molecular weight is 307 g/mol. The molecule has 0 spiro atoms. The molecule has 4 heteroatoms. The Labute approximate surface area is 135 Å². The van der Waals surface area contributed by atoms with E-state index in [4.69, 9.17) is 5.73 Å². The van der Waals surface area contributed by atoms with Crippen molar-refractivity contribution in [3.8, 4) is 0 Å². The predicted molar refractivity (Wildman–Crippen MR) is 92.2 cm³/mol. The van der Waals surface area contributed by atoms with Gasteiger partial charge in [-0.3, -0.25) is 9.78 Å². The molecule has 1 saturated carbocycles. The lowest BCUT2D eigenvalue weighted by Gasteiger charge is -2.04. The number of fused-ring (bicyclic) bond motifs is 3. The average Bonchev–Trinajstić information content (AvgIpc) is 2.86. The molecule has 0 bridgehead atoms. The van der Waals surface area contributed by atoms with E-state index in [0.717, 1.165) is 16.4 Å². The summed E-state index contributed by atoms with van der Waals surface area (Å²) >= 11 is 0. The zero-order chi connectivity index (χ0) is 16.4. The molecule has 3 aromatic rings. The molecule has 0 aliphatic heterocycles. The summed E-state index contributed by atoms with van der Waals surface area (Å²) < 4.78 is 0. The van der Waals surface area contributed by atoms with Gasteiger partial charge in [0.1, 0.15) is 0 Å². The molecule has 3 N–H and O–H groups in total. The van der Waals surface area contributed by atoms with E-state index in [9.17, 15) is 4.79 Å². The lowest BCUT2D eigenvalue weighted by atomic mass is 9.99. The van der Waals surface area contributed by atoms with Crippen LogP contribution < -0.4 is 5.73 Å². The van der Waals surface area contributed by atoms with Gasteiger partial charge >= 0.3 is 0 Å². The Balaban J connectivity index is 1.90. The highest BCUT2D eigenvalue weighted by molar-refractivity contribution is 6.05. The number of rotatable bonds is 3. The molecule has 2 unspecified atom stereocenters. The maximum atomic E-state index is 11.4. The summed E-state index contributed by atoms with van der Waals surface area (Å²) in [7, 11) is 0. The van der Waals surface area contributed by atoms with Crippen molar-refractivity contribution in [2.24, 2.45) is 17.1 Å². The first-order chi connectivity index (χ1) is 10.9. The number of hydrogen-bond donors (Lipinski definition) is 2. The standard InChI is InChI=1S/C19H21N3O/c1-10-15(16-13(9-14(20)23)19(16,2)3)12-7-6-11-5-4-8-21-17(11)18(12)22-10/h4-8,13,16,22H,9H2,1-3H3,(H2,20,23). The Hall–Kier alpha value is -2.36. The van der Waals surface area contributed by atoms with Crippen LogP contribution in [0.1, 0.15) is 37.4 Å². The van der Waals surface area contributed by atoms with Crippen molar-refractivity contribution < 1.29 is 4.79 Å². The van der Waals surface area contributed by atoms with Gasteiger partial charge in [-0.2, -0.15) is 0 Å². The smallest absolute Gasteiger partial charge is 0.217 e. The Morgan fingerprint density at radius 2 is 2.13 bits per heavy atom. The molecule has 2 aromatic heterocycles. The predicted octanol–water partition coefficient (Wildman–Crippen LogP) is 3.64. The number of amides is 1. The normalized spacial score (nSPS) is 22.6. The van der Waals surface area contributed by atoms with E-state index >= 15 is 0 Å². The van der Waals surface area contributed by atoms with E-state index in [0.29, 0.717) is 18.3 Å². The number of aromatic amines is 1. The highest BCUT2D eigenvalue weighted by Crippen LogP contribution is 2.67. The quantitative estimate of drug-likeness (QED) is 0.775. The molecule has 1 aromatic carbocycles. The number of primary amides is 1. The van der Waals surface area contributed by atoms with E-state index < -0.39 is 0 Å². The molecule has 2 atom stereocenters. The van der Waals surface area contributed by atoms with Crippen molar-refractivity contribution in [1.82, 2.24) is 9.97 Å². The van der Waals surface area contributed by atoms with Gasteiger partial charge in [-0.15, -0.1) is 0 Å². The van der Waals surface area contributed by atoms with Crippen LogP contribution in [0.25, 0.3) is 21.8 Å². The van der Waals surface area contributed by atoms with Gasteiger partial charge in [0.15, 0.2) is 0 Å². The van der Waals surface area contributed by atoms with Crippen molar-refractivity contribution >= 4 is 27.7 Å². The lowest BCUT2D eigenvalue weighted by Crippen LogP contribution is -2.12. The zero-order valence-electron chi connectivity index (χ0n) is 13.7. The van der Waals surface area contributed by atoms with Crippen molar-refractivity contribution in [2.45, 2.75) is 33.1 Å². The first kappa shape index (κ1) is 14.2. The molecule has 4 rings (SSSR count). The largest absolute Gasteiger partial charge is 0.370 e. The number of nitrogens with zero attached hydrogens (tertiary/aromatic N) is 1. The van der Waals surface area contributed by atoms with Gasteiger partial charge in [-0.25, -0.2) is 0 Å². The SMILES string of the molecule is Cc1[nH]c2c(ccc3cccnc32)c1C1C(CC(N)=O)C1(C)C. The number of pyridine rings is 1. The van der Waals surface area contributed by atoms with Crippen LogP contribution in [-0.2, 0) is 4.79 Å². The minimum Gasteiger partial charge on any atom is -0.370 e. The zero-order valence-corrected chi connectivity index (χ0v) is 13.7. The molecule has 0 saturated heterocycles. The van der Waals surface area contributed by atoms with Gasteiger partial charge in [0, 0.05) is 29.1 Å². The third-order valence-corrected chi connectivity index (χ3v) is 5.56. The van der Waals surface area contributed by atoms with Crippen molar-refractivity contribution in [3.63, 3.8) is 0 Å². The fraction of sp³-hybridized carbons (Fsp3) is 0.368. The van der Waals surface area contributed by atoms with Gasteiger partial charge < -0.3 is 10.7 Å². The Kier molecular flexibility index (Phi) is 2.83. The van der Waals surface area contributed by atoms with Crippen LogP contribution in [0.3, 0.4) is 0 Å². The summed E-state index contributed by atoms with van der Waals surface area (Å²) in [5.41, 5.74) is 10.1. The van der Waals surface area contributed by atoms with Crippen LogP contribution in [0.4, 0.5) is 0 Å². The van der Waals surface area contributed by atoms with Crippen LogP contribution in [0, 0.1) is 18.3 Å². The molecule has 0 radical (unpaired) electrons. The Morgan fingerprint density at radius 3 is 2.87 bits per heavy atom. The van der Waals surface area contributed by atoms with Gasteiger partial charge in [-0.1, -0.05) is 32.0 Å². The number of aryl methyl sites for hydroxylation is 1. The monoisotopic (exact) mass is 307 g/mol. The van der Waals surface area contributed by atoms with Crippen LogP contribution in [0.2, 0.25) is 0 Å². The molecule has 1 fully saturated rings. The minimum absolute atomic E-state index is 0.105. The number of nitrogens with one attached hydrogen (secondary N) is 1. The number of carbonyl (C=O) groups is 1. The molecule has 1 amide bonds. The number of nitrogens with two attached hydrogens (primary N) is 1. The van der Waals surface area contributed by atoms with Crippen LogP contribution in [0.5, 0.6) is 0 Å². The third kappa shape index (κ3) is 1.97. The third-order valence-electron chi connectivity index (χ3n) is 5.56. The molecule has 118 valence electrons. The first-order valence-electron chi connectivity index (χ1n) is 8.05. The second-order valence-corrected chi connectivity index (χ2v) is 7.30. The van der Waals surface area contributed by atoms with E-state index in [-0.39, 0.29) is 11.3 Å². The van der Waals surface area contributed by atoms with Gasteiger partial charge in [0.05, 0.1) is 11.0 Å². The number of H-pyrrole nitrogens is 1. The minimum atomic E-state index is -0.213. The van der Waals surface area contributed by atoms with Crippen molar-refractivity contribution in [3.05, 3.63) is 41.7 Å². The lowest BCUT2D eigenvalue weighted by molar-refractivity contribution is -0.118. The second kappa shape index (κ2) is 4.57. The number of carbonyl (C=O) groups excluding carboxylic acids is 1. The fourth-order valence-corrected chi connectivity index (χ4v) is 4.27. The van der Waals surface area contributed by atoms with Crippen LogP contribution >= 0.6 is 0 Å². The summed E-state index contributed by atoms with van der Waals surface area (Å²) in [6.45, 7) is 6.56. The van der Waals surface area contributed by atoms with Crippen molar-refractivity contribution in [2.75, 3.05) is 0 Å². The first-order valence-corrected chi connectivity index (χ1v) is 8.05. The van der Waals surface area contributed by atoms with Gasteiger partial charge in [0.2, 0.25) is 5.91 Å². The van der Waals surface area contributed by atoms with Crippen LogP contribution in [-0.4, -0.2) is 15.9 Å². The number of aromatic nitrogens is 2. The molecule has 23 heavy (non-hydrogen) atoms. The van der Waals surface area contributed by atoms with Gasteiger partial charge in [0.25, 0.3) is 0 Å². The van der Waals surface area contributed by atoms with E-state index in [1.165, 1.54) is 16.6 Å². The van der Waals surface area contributed by atoms with E-state index in [1.54, 1.807) is 0 Å². The van der Waals surface area contributed by atoms with E-state index in [1.807, 2.05) is 12.3 Å². The molecule has 1 aliphatic rings. The van der Waals surface area contributed by atoms with Crippen LogP contribution in [0.15, 0.2) is 30.5 Å². The van der Waals surface area contributed by atoms with E-state index in [2.05, 4.69) is 48.9 Å². The summed E-state index contributed by atoms with van der Waals surface area (Å²) in [4.78, 5) is 19.4. The fourth-order valence-electron chi connectivity index (χ4n) is 4.27. The summed E-state index contributed by atoms with van der Waals surface area (Å²) in [6, 6.07) is 8.33.